The maximum atomic E-state index is 6.41. The topological polar surface area (TPSA) is 0 Å². The van der Waals surface area contributed by atoms with Gasteiger partial charge in [0.1, 0.15) is 0 Å². The highest BCUT2D eigenvalue weighted by Gasteiger charge is 2.21. The fourth-order valence-electron chi connectivity index (χ4n) is 2.18. The first-order valence-corrected chi connectivity index (χ1v) is 7.78. The van der Waals surface area contributed by atoms with Gasteiger partial charge in [-0.25, -0.2) is 0 Å². The molecule has 0 radical (unpaired) electrons. The smallest absolute Gasteiger partial charge is 0.0991 e. The van der Waals surface area contributed by atoms with Gasteiger partial charge in [-0.2, -0.15) is 0 Å². The van der Waals surface area contributed by atoms with Crippen molar-refractivity contribution in [2.75, 3.05) is 0 Å². The monoisotopic (exact) mass is 312 g/mol. The molecule has 0 nitrogen and oxygen atoms in total. The van der Waals surface area contributed by atoms with Gasteiger partial charge in [0.05, 0.1) is 14.0 Å². The highest BCUT2D eigenvalue weighted by molar-refractivity contribution is 7.20. The molecule has 0 aliphatic heterocycles. The molecule has 0 saturated carbocycles. The summed E-state index contributed by atoms with van der Waals surface area (Å²) >= 11 is 19.8. The third-order valence-corrected chi connectivity index (χ3v) is 4.52. The van der Waals surface area contributed by atoms with E-state index in [0.29, 0.717) is 15.7 Å². The summed E-state index contributed by atoms with van der Waals surface area (Å²) in [4.78, 5) is 0. The van der Waals surface area contributed by atoms with Crippen LogP contribution in [0.5, 0.6) is 0 Å². The number of thiophene rings is 1. The fraction of sp³-hybridized carbons (Fsp3) is 0.692. The lowest BCUT2D eigenvalue weighted by atomic mass is 9.83. The van der Waals surface area contributed by atoms with Crippen LogP contribution in [0.4, 0.5) is 0 Å². The average Bonchev–Trinajstić information content (AvgIpc) is 2.41. The first-order valence-electron chi connectivity index (χ1n) is 5.78. The van der Waals surface area contributed by atoms with E-state index in [1.165, 1.54) is 11.3 Å². The van der Waals surface area contributed by atoms with Crippen LogP contribution in [-0.4, -0.2) is 0 Å². The van der Waals surface area contributed by atoms with Crippen LogP contribution in [0.2, 0.25) is 8.67 Å². The molecule has 1 aromatic rings. The van der Waals surface area contributed by atoms with E-state index in [-0.39, 0.29) is 5.38 Å². The molecule has 0 amide bonds. The summed E-state index contributed by atoms with van der Waals surface area (Å²) in [7, 11) is 0. The van der Waals surface area contributed by atoms with Gasteiger partial charge in [-0.1, -0.05) is 50.9 Å². The van der Waals surface area contributed by atoms with Crippen molar-refractivity contribution >= 4 is 46.1 Å². The minimum Gasteiger partial charge on any atom is -0.118 e. The Hall–Kier alpha value is 0.570. The van der Waals surface area contributed by atoms with Gasteiger partial charge in [0.2, 0.25) is 0 Å². The molecule has 0 saturated heterocycles. The molecule has 0 aliphatic rings. The van der Waals surface area contributed by atoms with Crippen molar-refractivity contribution in [2.24, 2.45) is 11.3 Å². The Labute approximate surface area is 123 Å². The molecule has 0 spiro atoms. The first-order chi connectivity index (χ1) is 7.69. The highest BCUT2D eigenvalue weighted by Crippen LogP contribution is 2.41. The molecule has 1 rings (SSSR count). The molecule has 0 aromatic carbocycles. The summed E-state index contributed by atoms with van der Waals surface area (Å²) in [6.07, 6.45) is 2.09. The lowest BCUT2D eigenvalue weighted by Gasteiger charge is -2.24. The largest absolute Gasteiger partial charge is 0.118 e. The van der Waals surface area contributed by atoms with Crippen molar-refractivity contribution in [3.63, 3.8) is 0 Å². The van der Waals surface area contributed by atoms with E-state index in [9.17, 15) is 0 Å². The summed E-state index contributed by atoms with van der Waals surface area (Å²) in [5.41, 5.74) is 1.32. The van der Waals surface area contributed by atoms with Crippen molar-refractivity contribution in [2.45, 2.75) is 45.9 Å². The molecule has 1 aromatic heterocycles. The van der Waals surface area contributed by atoms with Crippen LogP contribution in [-0.2, 0) is 0 Å². The molecule has 2 atom stereocenters. The molecular weight excluding hydrogens is 295 g/mol. The Kier molecular flexibility index (Phi) is 5.65. The molecule has 2 unspecified atom stereocenters. The number of hydrogen-bond donors (Lipinski definition) is 0. The van der Waals surface area contributed by atoms with E-state index in [2.05, 4.69) is 27.7 Å². The Morgan fingerprint density at radius 1 is 1.29 bits per heavy atom. The summed E-state index contributed by atoms with van der Waals surface area (Å²) in [6.45, 7) is 8.99. The van der Waals surface area contributed by atoms with Gasteiger partial charge in [0.15, 0.2) is 0 Å². The Balaban J connectivity index is 2.60. The number of hydrogen-bond acceptors (Lipinski definition) is 1. The van der Waals surface area contributed by atoms with Crippen molar-refractivity contribution in [3.05, 3.63) is 20.3 Å². The molecule has 0 bridgehead atoms. The minimum atomic E-state index is -0.0383. The van der Waals surface area contributed by atoms with Gasteiger partial charge in [-0.3, -0.25) is 0 Å². The van der Waals surface area contributed by atoms with E-state index in [1.54, 1.807) is 0 Å². The van der Waals surface area contributed by atoms with Crippen molar-refractivity contribution in [1.82, 2.24) is 0 Å². The lowest BCUT2D eigenvalue weighted by molar-refractivity contribution is 0.295. The van der Waals surface area contributed by atoms with Crippen molar-refractivity contribution < 1.29 is 0 Å². The van der Waals surface area contributed by atoms with Crippen LogP contribution in [0.25, 0.3) is 0 Å². The van der Waals surface area contributed by atoms with Crippen molar-refractivity contribution in [3.8, 4) is 0 Å². The van der Waals surface area contributed by atoms with Crippen LogP contribution in [0.3, 0.4) is 0 Å². The first kappa shape index (κ1) is 15.6. The second-order valence-electron chi connectivity index (χ2n) is 5.85. The molecule has 0 N–H and O–H groups in total. The zero-order valence-corrected chi connectivity index (χ0v) is 13.8. The van der Waals surface area contributed by atoms with Crippen LogP contribution in [0.15, 0.2) is 6.07 Å². The maximum absolute atomic E-state index is 6.41. The molecule has 0 aliphatic carbocycles. The summed E-state index contributed by atoms with van der Waals surface area (Å²) < 4.78 is 1.43. The summed E-state index contributed by atoms with van der Waals surface area (Å²) in [6, 6.07) is 1.88. The zero-order chi connectivity index (χ0) is 13.2. The van der Waals surface area contributed by atoms with E-state index in [0.717, 1.165) is 22.7 Å². The minimum absolute atomic E-state index is 0.0383. The van der Waals surface area contributed by atoms with Crippen molar-refractivity contribution in [1.29, 1.82) is 0 Å². The Bertz CT molecular complexity index is 365. The van der Waals surface area contributed by atoms with E-state index in [1.807, 2.05) is 6.07 Å². The van der Waals surface area contributed by atoms with Crippen LogP contribution >= 0.6 is 46.1 Å². The molecule has 17 heavy (non-hydrogen) atoms. The summed E-state index contributed by atoms with van der Waals surface area (Å²) in [5, 5.41) is -0.0383. The Morgan fingerprint density at radius 2 is 1.88 bits per heavy atom. The quantitative estimate of drug-likeness (QED) is 0.536. The predicted octanol–water partition coefficient (Wildman–Crippen LogP) is 6.80. The third-order valence-electron chi connectivity index (χ3n) is 2.59. The number of rotatable bonds is 4. The molecule has 0 fully saturated rings. The number of halogens is 3. The molecule has 4 heteroatoms. The predicted molar refractivity (Wildman–Crippen MR) is 80.8 cm³/mol. The Morgan fingerprint density at radius 3 is 2.29 bits per heavy atom. The lowest BCUT2D eigenvalue weighted by Crippen LogP contribution is -2.12. The average molecular weight is 314 g/mol. The van der Waals surface area contributed by atoms with E-state index < -0.39 is 0 Å². The number of alkyl halides is 1. The maximum Gasteiger partial charge on any atom is 0.0991 e. The van der Waals surface area contributed by atoms with Gasteiger partial charge in [0, 0.05) is 5.56 Å². The SMILES string of the molecule is CC(CC(Cl)c1cc(Cl)sc1Cl)CC(C)(C)C. The van der Waals surface area contributed by atoms with Crippen LogP contribution < -0.4 is 0 Å². The van der Waals surface area contributed by atoms with Gasteiger partial charge < -0.3 is 0 Å². The zero-order valence-electron chi connectivity index (χ0n) is 10.7. The fourth-order valence-corrected chi connectivity index (χ4v) is 4.35. The normalized spacial score (nSPS) is 15.9. The highest BCUT2D eigenvalue weighted by atomic mass is 35.5. The van der Waals surface area contributed by atoms with E-state index >= 15 is 0 Å². The van der Waals surface area contributed by atoms with Gasteiger partial charge >= 0.3 is 0 Å². The molecule has 1 heterocycles. The van der Waals surface area contributed by atoms with E-state index in [4.69, 9.17) is 34.8 Å². The van der Waals surface area contributed by atoms with Gasteiger partial charge in [-0.05, 0) is 30.2 Å². The van der Waals surface area contributed by atoms with Crippen LogP contribution in [0, 0.1) is 11.3 Å². The molecule has 98 valence electrons. The molecular formula is C13H19Cl3S. The standard InChI is InChI=1S/C13H19Cl3S/c1-8(7-13(2,3)4)5-10(14)9-6-11(15)17-12(9)16/h6,8,10H,5,7H2,1-4H3. The second-order valence-corrected chi connectivity index (χ2v) is 8.67. The summed E-state index contributed by atoms with van der Waals surface area (Å²) in [5.74, 6) is 0.576. The second kappa shape index (κ2) is 6.14. The van der Waals surface area contributed by atoms with Crippen LogP contribution in [0.1, 0.15) is 51.5 Å². The van der Waals surface area contributed by atoms with Gasteiger partial charge in [0.25, 0.3) is 0 Å². The third kappa shape index (κ3) is 5.38. The van der Waals surface area contributed by atoms with Gasteiger partial charge in [-0.15, -0.1) is 22.9 Å².